The zero-order valence-corrected chi connectivity index (χ0v) is 15.2. The van der Waals surface area contributed by atoms with E-state index in [0.29, 0.717) is 16.5 Å². The largest absolute Gasteiger partial charge is 0.469 e. The first-order valence-electron chi connectivity index (χ1n) is 8.50. The molecule has 1 saturated carbocycles. The van der Waals surface area contributed by atoms with E-state index in [2.05, 4.69) is 10.3 Å². The molecule has 7 heteroatoms. The van der Waals surface area contributed by atoms with Crippen LogP contribution in [-0.4, -0.2) is 30.0 Å². The quantitative estimate of drug-likeness (QED) is 0.664. The van der Waals surface area contributed by atoms with Crippen molar-refractivity contribution in [3.05, 3.63) is 29.0 Å². The lowest BCUT2D eigenvalue weighted by Crippen LogP contribution is -2.43. The molecule has 1 N–H and O–H groups in total. The lowest BCUT2D eigenvalue weighted by atomic mass is 9.94. The van der Waals surface area contributed by atoms with E-state index in [1.165, 1.54) is 18.4 Å². The number of furan rings is 1. The van der Waals surface area contributed by atoms with Crippen LogP contribution in [-0.2, 0) is 9.53 Å². The molecule has 2 aromatic heterocycles. The molecule has 3 rings (SSSR count). The van der Waals surface area contributed by atoms with Gasteiger partial charge >= 0.3 is 5.97 Å². The van der Waals surface area contributed by atoms with Gasteiger partial charge in [0.25, 0.3) is 5.91 Å². The van der Waals surface area contributed by atoms with Crippen LogP contribution in [0.1, 0.15) is 47.5 Å². The molecule has 1 aliphatic carbocycles. The number of aromatic nitrogens is 1. The average Bonchev–Trinajstić information content (AvgIpc) is 3.20. The van der Waals surface area contributed by atoms with Crippen molar-refractivity contribution in [2.45, 2.75) is 45.1 Å². The molecule has 2 heterocycles. The summed E-state index contributed by atoms with van der Waals surface area (Å²) in [6.07, 6.45) is 6.14. The topological polar surface area (TPSA) is 81.4 Å². The number of hydrogen-bond acceptors (Lipinski definition) is 6. The van der Waals surface area contributed by atoms with Crippen LogP contribution in [0.3, 0.4) is 0 Å². The van der Waals surface area contributed by atoms with E-state index < -0.39 is 0 Å². The third-order valence-corrected chi connectivity index (χ3v) is 5.57. The Morgan fingerprint density at radius 2 is 2.12 bits per heavy atom. The minimum Gasteiger partial charge on any atom is -0.469 e. The van der Waals surface area contributed by atoms with Crippen LogP contribution in [0.15, 0.2) is 22.8 Å². The van der Waals surface area contributed by atoms with Gasteiger partial charge in [-0.05, 0) is 31.9 Å². The molecular weight excluding hydrogens is 340 g/mol. The number of nitrogens with one attached hydrogen (secondary N) is 1. The van der Waals surface area contributed by atoms with Crippen LogP contribution in [0.4, 0.5) is 0 Å². The first-order chi connectivity index (χ1) is 12.1. The highest BCUT2D eigenvalue weighted by molar-refractivity contribution is 7.15. The molecule has 2 aromatic rings. The molecule has 6 nitrogen and oxygen atoms in total. The Bertz CT molecular complexity index is 738. The van der Waals surface area contributed by atoms with Gasteiger partial charge < -0.3 is 14.5 Å². The van der Waals surface area contributed by atoms with E-state index in [1.807, 2.05) is 13.0 Å². The summed E-state index contributed by atoms with van der Waals surface area (Å²) in [5.74, 6) is -0.139. The van der Waals surface area contributed by atoms with Crippen molar-refractivity contribution in [1.29, 1.82) is 0 Å². The Labute approximate surface area is 150 Å². The maximum absolute atomic E-state index is 12.7. The molecule has 134 valence electrons. The number of methoxy groups -OCH3 is 1. The van der Waals surface area contributed by atoms with Crippen LogP contribution >= 0.6 is 11.3 Å². The summed E-state index contributed by atoms with van der Waals surface area (Å²) in [4.78, 5) is 30.1. The van der Waals surface area contributed by atoms with E-state index in [4.69, 9.17) is 9.15 Å². The summed E-state index contributed by atoms with van der Waals surface area (Å²) < 4.78 is 10.3. The summed E-state index contributed by atoms with van der Waals surface area (Å²) >= 11 is 1.42. The van der Waals surface area contributed by atoms with Crippen molar-refractivity contribution in [1.82, 2.24) is 10.3 Å². The highest BCUT2D eigenvalue weighted by Gasteiger charge is 2.32. The predicted octanol–water partition coefficient (Wildman–Crippen LogP) is 3.56. The van der Waals surface area contributed by atoms with Gasteiger partial charge in [0.15, 0.2) is 10.8 Å². The monoisotopic (exact) mass is 362 g/mol. The molecule has 0 aromatic carbocycles. The second-order valence-electron chi connectivity index (χ2n) is 6.25. The maximum atomic E-state index is 12.7. The molecule has 0 bridgehead atoms. The number of nitrogens with zero attached hydrogens (tertiary/aromatic N) is 1. The number of esters is 1. The highest BCUT2D eigenvalue weighted by Crippen LogP contribution is 2.29. The number of ether oxygens (including phenoxy) is 1. The second-order valence-corrected chi connectivity index (χ2v) is 7.45. The fourth-order valence-corrected chi connectivity index (χ4v) is 4.14. The summed E-state index contributed by atoms with van der Waals surface area (Å²) in [6.45, 7) is 1.86. The zero-order valence-electron chi connectivity index (χ0n) is 14.4. The Hall–Kier alpha value is -2.15. The smallest absolute Gasteiger partial charge is 0.310 e. The van der Waals surface area contributed by atoms with Gasteiger partial charge in [-0.1, -0.05) is 19.3 Å². The molecule has 2 atom stereocenters. The molecule has 0 unspecified atom stereocenters. The van der Waals surface area contributed by atoms with Gasteiger partial charge in [0, 0.05) is 10.9 Å². The van der Waals surface area contributed by atoms with Crippen molar-refractivity contribution in [2.75, 3.05) is 7.11 Å². The number of carbonyl (C=O) groups is 2. The summed E-state index contributed by atoms with van der Waals surface area (Å²) in [5, 5.41) is 3.69. The Balaban J connectivity index is 1.77. The van der Waals surface area contributed by atoms with Gasteiger partial charge in [-0.3, -0.25) is 9.59 Å². The third kappa shape index (κ3) is 3.92. The van der Waals surface area contributed by atoms with Crippen molar-refractivity contribution < 1.29 is 18.7 Å². The first-order valence-corrected chi connectivity index (χ1v) is 9.31. The van der Waals surface area contributed by atoms with Crippen molar-refractivity contribution in [3.63, 3.8) is 0 Å². The predicted molar refractivity (Wildman–Crippen MR) is 94.4 cm³/mol. The number of rotatable bonds is 4. The van der Waals surface area contributed by atoms with Gasteiger partial charge in [-0.25, -0.2) is 4.98 Å². The van der Waals surface area contributed by atoms with Gasteiger partial charge in [0.05, 0.1) is 19.3 Å². The molecule has 1 aliphatic rings. The SMILES string of the molecule is COC(=O)[C@@H]1CCCCC[C@@H]1NC(=O)c1nc(-c2ccco2)sc1C. The van der Waals surface area contributed by atoms with Crippen molar-refractivity contribution >= 4 is 23.2 Å². The highest BCUT2D eigenvalue weighted by atomic mass is 32.1. The summed E-state index contributed by atoms with van der Waals surface area (Å²) in [7, 11) is 1.40. The lowest BCUT2D eigenvalue weighted by molar-refractivity contribution is -0.146. The number of amides is 1. The van der Waals surface area contributed by atoms with Gasteiger partial charge in [0.1, 0.15) is 5.69 Å². The standard InChI is InChI=1S/C18H22N2O4S/c1-11-15(20-17(25-11)14-9-6-10-24-14)16(21)19-13-8-5-3-4-7-12(13)18(22)23-2/h6,9-10,12-13H,3-5,7-8H2,1-2H3,(H,19,21)/t12-,13+/m1/s1. The Morgan fingerprint density at radius 3 is 2.84 bits per heavy atom. The molecule has 0 spiro atoms. The Kier molecular flexibility index (Phi) is 5.53. The van der Waals surface area contributed by atoms with E-state index >= 15 is 0 Å². The normalized spacial score (nSPS) is 20.7. The molecular formula is C18H22N2O4S. The summed E-state index contributed by atoms with van der Waals surface area (Å²) in [5.41, 5.74) is 0.393. The molecule has 1 fully saturated rings. The van der Waals surface area contributed by atoms with E-state index in [1.54, 1.807) is 12.3 Å². The minimum absolute atomic E-state index is 0.212. The molecule has 1 amide bonds. The van der Waals surface area contributed by atoms with Crippen LogP contribution in [0.2, 0.25) is 0 Å². The van der Waals surface area contributed by atoms with Gasteiger partial charge in [0.2, 0.25) is 0 Å². The first kappa shape index (κ1) is 17.7. The van der Waals surface area contributed by atoms with E-state index in [0.717, 1.165) is 37.0 Å². The molecule has 0 aliphatic heterocycles. The maximum Gasteiger partial charge on any atom is 0.310 e. The number of aryl methyl sites for hydroxylation is 1. The number of thiazole rings is 1. The van der Waals surface area contributed by atoms with Crippen LogP contribution in [0.5, 0.6) is 0 Å². The van der Waals surface area contributed by atoms with E-state index in [9.17, 15) is 9.59 Å². The minimum atomic E-state index is -0.292. The number of carbonyl (C=O) groups excluding carboxylic acids is 2. The average molecular weight is 362 g/mol. The Morgan fingerprint density at radius 1 is 1.32 bits per heavy atom. The lowest BCUT2D eigenvalue weighted by Gasteiger charge is -2.23. The molecule has 0 radical (unpaired) electrons. The fraction of sp³-hybridized carbons (Fsp3) is 0.500. The molecule has 25 heavy (non-hydrogen) atoms. The van der Waals surface area contributed by atoms with Crippen LogP contribution in [0.25, 0.3) is 10.8 Å². The third-order valence-electron chi connectivity index (χ3n) is 4.58. The number of hydrogen-bond donors (Lipinski definition) is 1. The van der Waals surface area contributed by atoms with Gasteiger partial charge in [-0.2, -0.15) is 0 Å². The zero-order chi connectivity index (χ0) is 17.8. The van der Waals surface area contributed by atoms with Crippen LogP contribution < -0.4 is 5.32 Å². The van der Waals surface area contributed by atoms with Crippen molar-refractivity contribution in [2.24, 2.45) is 5.92 Å². The summed E-state index contributed by atoms with van der Waals surface area (Å²) in [6, 6.07) is 3.40. The van der Waals surface area contributed by atoms with Crippen molar-refractivity contribution in [3.8, 4) is 10.8 Å². The van der Waals surface area contributed by atoms with E-state index in [-0.39, 0.29) is 23.8 Å². The van der Waals surface area contributed by atoms with Crippen LogP contribution in [0, 0.1) is 12.8 Å². The molecule has 0 saturated heterocycles. The second kappa shape index (κ2) is 7.82. The fourth-order valence-electron chi connectivity index (χ4n) is 3.26. The van der Waals surface area contributed by atoms with Gasteiger partial charge in [-0.15, -0.1) is 11.3 Å².